The van der Waals surface area contributed by atoms with Crippen molar-refractivity contribution in [2.45, 2.75) is 39.2 Å². The van der Waals surface area contributed by atoms with Crippen molar-refractivity contribution >= 4 is 5.84 Å². The van der Waals surface area contributed by atoms with Crippen molar-refractivity contribution in [3.8, 4) is 0 Å². The molecule has 0 saturated heterocycles. The minimum absolute atomic E-state index is 0.910. The molecule has 1 aromatic heterocycles. The molecular formula is C12H20N4. The highest BCUT2D eigenvalue weighted by Gasteiger charge is 2.03. The Labute approximate surface area is 96.8 Å². The van der Waals surface area contributed by atoms with Gasteiger partial charge in [-0.15, -0.1) is 0 Å². The van der Waals surface area contributed by atoms with Gasteiger partial charge in [0.15, 0.2) is 0 Å². The van der Waals surface area contributed by atoms with Crippen LogP contribution in [0.25, 0.3) is 0 Å². The van der Waals surface area contributed by atoms with E-state index in [1.165, 1.54) is 30.7 Å². The van der Waals surface area contributed by atoms with Gasteiger partial charge in [-0.25, -0.2) is 0 Å². The van der Waals surface area contributed by atoms with Gasteiger partial charge in [0.1, 0.15) is 0 Å². The monoisotopic (exact) mass is 220 g/mol. The minimum Gasteiger partial charge on any atom is -0.372 e. The van der Waals surface area contributed by atoms with Gasteiger partial charge in [0.05, 0.1) is 18.6 Å². The van der Waals surface area contributed by atoms with Crippen LogP contribution in [0.1, 0.15) is 31.2 Å². The number of rotatable bonds is 3. The van der Waals surface area contributed by atoms with Crippen molar-refractivity contribution in [1.82, 2.24) is 15.1 Å². The van der Waals surface area contributed by atoms with Gasteiger partial charge in [0.2, 0.25) is 0 Å². The Morgan fingerprint density at radius 3 is 3.12 bits per heavy atom. The lowest BCUT2D eigenvalue weighted by atomic mass is 10.2. The van der Waals surface area contributed by atoms with Crippen molar-refractivity contribution in [2.24, 2.45) is 4.99 Å². The number of nitrogens with one attached hydrogen (secondary N) is 1. The summed E-state index contributed by atoms with van der Waals surface area (Å²) in [6.45, 7) is 4.88. The second-order valence-corrected chi connectivity index (χ2v) is 4.35. The maximum absolute atomic E-state index is 4.54. The van der Waals surface area contributed by atoms with Crippen LogP contribution in [0.4, 0.5) is 0 Å². The molecule has 4 heteroatoms. The number of aliphatic imine (C=N–C) groups is 1. The molecule has 0 amide bonds. The van der Waals surface area contributed by atoms with Crippen LogP contribution in [0.2, 0.25) is 0 Å². The molecule has 1 aliphatic rings. The summed E-state index contributed by atoms with van der Waals surface area (Å²) in [4.78, 5) is 4.54. The number of aryl methyl sites for hydroxylation is 1. The molecule has 0 aliphatic carbocycles. The van der Waals surface area contributed by atoms with E-state index in [1.54, 1.807) is 0 Å². The van der Waals surface area contributed by atoms with E-state index in [0.29, 0.717) is 0 Å². The summed E-state index contributed by atoms with van der Waals surface area (Å²) in [5.74, 6) is 1.18. The fraction of sp³-hybridized carbons (Fsp3) is 0.667. The van der Waals surface area contributed by atoms with Crippen molar-refractivity contribution < 1.29 is 0 Å². The lowest BCUT2D eigenvalue weighted by Crippen LogP contribution is -2.27. The molecule has 88 valence electrons. The largest absolute Gasteiger partial charge is 0.372 e. The maximum Gasteiger partial charge on any atom is 0.0963 e. The normalized spacial score (nSPS) is 16.7. The minimum atomic E-state index is 0.910. The third kappa shape index (κ3) is 3.36. The summed E-state index contributed by atoms with van der Waals surface area (Å²) >= 11 is 0. The van der Waals surface area contributed by atoms with Crippen LogP contribution >= 0.6 is 0 Å². The lowest BCUT2D eigenvalue weighted by Gasteiger charge is -2.08. The molecule has 4 nitrogen and oxygen atoms in total. The SMILES string of the molecule is Cc1cnn(CCNC2=NCCCCC2)c1. The summed E-state index contributed by atoms with van der Waals surface area (Å²) in [7, 11) is 0. The standard InChI is InChI=1S/C12H20N4/c1-11-9-15-16(10-11)8-7-14-12-5-3-2-4-6-13-12/h9-10H,2-8H2,1H3,(H,13,14). The Bertz CT molecular complexity index is 354. The molecule has 0 atom stereocenters. The van der Waals surface area contributed by atoms with Crippen LogP contribution in [-0.2, 0) is 6.54 Å². The molecule has 0 spiro atoms. The quantitative estimate of drug-likeness (QED) is 0.843. The van der Waals surface area contributed by atoms with Gasteiger partial charge >= 0.3 is 0 Å². The molecule has 0 saturated carbocycles. The molecule has 0 fully saturated rings. The third-order valence-electron chi connectivity index (χ3n) is 2.81. The predicted molar refractivity (Wildman–Crippen MR) is 65.7 cm³/mol. The molecule has 0 bridgehead atoms. The average Bonchev–Trinajstić information content (AvgIpc) is 2.54. The highest BCUT2D eigenvalue weighted by molar-refractivity contribution is 5.82. The van der Waals surface area contributed by atoms with E-state index in [2.05, 4.69) is 28.5 Å². The van der Waals surface area contributed by atoms with E-state index in [9.17, 15) is 0 Å². The number of nitrogens with zero attached hydrogens (tertiary/aromatic N) is 3. The first-order valence-corrected chi connectivity index (χ1v) is 6.11. The number of hydrogen-bond donors (Lipinski definition) is 1. The fourth-order valence-electron chi connectivity index (χ4n) is 1.92. The second-order valence-electron chi connectivity index (χ2n) is 4.35. The van der Waals surface area contributed by atoms with Crippen LogP contribution in [0.3, 0.4) is 0 Å². The Hall–Kier alpha value is -1.32. The van der Waals surface area contributed by atoms with Crippen molar-refractivity contribution in [3.63, 3.8) is 0 Å². The van der Waals surface area contributed by atoms with Crippen LogP contribution in [0.15, 0.2) is 17.4 Å². The summed E-state index contributed by atoms with van der Waals surface area (Å²) in [5, 5.41) is 7.66. The molecule has 0 radical (unpaired) electrons. The van der Waals surface area contributed by atoms with Gasteiger partial charge in [-0.1, -0.05) is 6.42 Å². The van der Waals surface area contributed by atoms with Crippen LogP contribution in [0, 0.1) is 6.92 Å². The van der Waals surface area contributed by atoms with Gasteiger partial charge in [-0.2, -0.15) is 5.10 Å². The van der Waals surface area contributed by atoms with Gasteiger partial charge in [0.25, 0.3) is 0 Å². The van der Waals surface area contributed by atoms with E-state index in [1.807, 2.05) is 10.9 Å². The summed E-state index contributed by atoms with van der Waals surface area (Å²) < 4.78 is 1.97. The molecule has 1 aromatic rings. The Morgan fingerprint density at radius 2 is 2.31 bits per heavy atom. The zero-order valence-corrected chi connectivity index (χ0v) is 9.95. The smallest absolute Gasteiger partial charge is 0.0963 e. The first-order valence-electron chi connectivity index (χ1n) is 6.11. The number of aromatic nitrogens is 2. The molecule has 0 aromatic carbocycles. The predicted octanol–water partition coefficient (Wildman–Crippen LogP) is 1.75. The molecule has 2 rings (SSSR count). The van der Waals surface area contributed by atoms with Crippen molar-refractivity contribution in [3.05, 3.63) is 18.0 Å². The van der Waals surface area contributed by atoms with E-state index in [4.69, 9.17) is 0 Å². The van der Waals surface area contributed by atoms with E-state index >= 15 is 0 Å². The molecule has 1 aliphatic heterocycles. The Balaban J connectivity index is 1.73. The van der Waals surface area contributed by atoms with Crippen LogP contribution in [0.5, 0.6) is 0 Å². The van der Waals surface area contributed by atoms with Crippen LogP contribution in [-0.4, -0.2) is 28.7 Å². The molecule has 1 N–H and O–H groups in total. The third-order valence-corrected chi connectivity index (χ3v) is 2.81. The summed E-state index contributed by atoms with van der Waals surface area (Å²) in [5.41, 5.74) is 1.21. The molecule has 16 heavy (non-hydrogen) atoms. The fourth-order valence-corrected chi connectivity index (χ4v) is 1.92. The van der Waals surface area contributed by atoms with Crippen LogP contribution < -0.4 is 5.32 Å². The summed E-state index contributed by atoms with van der Waals surface area (Å²) in [6, 6.07) is 0. The van der Waals surface area contributed by atoms with E-state index < -0.39 is 0 Å². The van der Waals surface area contributed by atoms with Crippen molar-refractivity contribution in [2.75, 3.05) is 13.1 Å². The molecule has 0 unspecified atom stereocenters. The van der Waals surface area contributed by atoms with Gasteiger partial charge in [0, 0.05) is 25.7 Å². The zero-order valence-electron chi connectivity index (χ0n) is 9.95. The number of amidine groups is 1. The molecule has 2 heterocycles. The summed E-state index contributed by atoms with van der Waals surface area (Å²) in [6.07, 6.45) is 8.89. The van der Waals surface area contributed by atoms with Gasteiger partial charge in [-0.05, 0) is 25.3 Å². The Kier molecular flexibility index (Phi) is 3.97. The van der Waals surface area contributed by atoms with E-state index in [-0.39, 0.29) is 0 Å². The zero-order chi connectivity index (χ0) is 11.2. The maximum atomic E-state index is 4.54. The van der Waals surface area contributed by atoms with Crippen molar-refractivity contribution in [1.29, 1.82) is 0 Å². The number of hydrogen-bond acceptors (Lipinski definition) is 3. The average molecular weight is 220 g/mol. The highest BCUT2D eigenvalue weighted by Crippen LogP contribution is 2.05. The highest BCUT2D eigenvalue weighted by atomic mass is 15.3. The second kappa shape index (κ2) is 5.68. The lowest BCUT2D eigenvalue weighted by molar-refractivity contribution is 0.600. The van der Waals surface area contributed by atoms with Gasteiger partial charge in [-0.3, -0.25) is 9.67 Å². The van der Waals surface area contributed by atoms with E-state index in [0.717, 1.165) is 26.1 Å². The first-order chi connectivity index (χ1) is 7.84. The topological polar surface area (TPSA) is 42.2 Å². The van der Waals surface area contributed by atoms with Gasteiger partial charge < -0.3 is 5.32 Å². The molecular weight excluding hydrogens is 200 g/mol. The first kappa shape index (κ1) is 11.2. The Morgan fingerprint density at radius 1 is 1.38 bits per heavy atom.